The Morgan fingerprint density at radius 3 is 1.90 bits per heavy atom. The van der Waals surface area contributed by atoms with Crippen LogP contribution in [-0.4, -0.2) is 22.7 Å². The van der Waals surface area contributed by atoms with Crippen molar-refractivity contribution in [2.75, 3.05) is 10.6 Å². The molecule has 1 aliphatic carbocycles. The van der Waals surface area contributed by atoms with Gasteiger partial charge in [0.2, 0.25) is 17.7 Å². The van der Waals surface area contributed by atoms with Gasteiger partial charge in [-0.25, -0.2) is 0 Å². The van der Waals surface area contributed by atoms with E-state index in [4.69, 9.17) is 0 Å². The summed E-state index contributed by atoms with van der Waals surface area (Å²) in [6.45, 7) is 1.95. The Bertz CT molecular complexity index is 844. The number of benzene rings is 1. The predicted molar refractivity (Wildman–Crippen MR) is 111 cm³/mol. The molecular weight excluding hydrogens is 368 g/mol. The van der Waals surface area contributed by atoms with Gasteiger partial charge in [-0.05, 0) is 67.6 Å². The molecule has 3 rings (SSSR count). The van der Waals surface area contributed by atoms with Crippen molar-refractivity contribution >= 4 is 29.1 Å². The van der Waals surface area contributed by atoms with Gasteiger partial charge in [-0.2, -0.15) is 0 Å². The summed E-state index contributed by atoms with van der Waals surface area (Å²) in [5, 5.41) is 8.59. The van der Waals surface area contributed by atoms with Crippen molar-refractivity contribution in [3.63, 3.8) is 0 Å². The van der Waals surface area contributed by atoms with E-state index in [1.54, 1.807) is 36.7 Å². The average molecular weight is 394 g/mol. The minimum atomic E-state index is -0.136. The maximum absolute atomic E-state index is 12.5. The Kier molecular flexibility index (Phi) is 6.94. The number of hydrogen-bond donors (Lipinski definition) is 3. The fraction of sp³-hybridized carbons (Fsp3) is 0.364. The molecule has 0 unspecified atom stereocenters. The lowest BCUT2D eigenvalue weighted by Gasteiger charge is -2.27. The lowest BCUT2D eigenvalue weighted by molar-refractivity contribution is -0.128. The van der Waals surface area contributed by atoms with Gasteiger partial charge < -0.3 is 16.0 Å². The molecule has 1 heterocycles. The van der Waals surface area contributed by atoms with E-state index < -0.39 is 0 Å². The number of nitrogens with zero attached hydrogens (tertiary/aromatic N) is 1. The second-order valence-electron chi connectivity index (χ2n) is 7.37. The topological polar surface area (TPSA) is 100 Å². The number of rotatable bonds is 6. The van der Waals surface area contributed by atoms with E-state index in [2.05, 4.69) is 20.9 Å². The van der Waals surface area contributed by atoms with Crippen molar-refractivity contribution in [1.82, 2.24) is 10.3 Å². The zero-order valence-electron chi connectivity index (χ0n) is 16.5. The van der Waals surface area contributed by atoms with Crippen LogP contribution in [0.1, 0.15) is 38.2 Å². The monoisotopic (exact) mass is 394 g/mol. The van der Waals surface area contributed by atoms with Crippen LogP contribution in [0.2, 0.25) is 0 Å². The summed E-state index contributed by atoms with van der Waals surface area (Å²) in [5.74, 6) is -0.238. The van der Waals surface area contributed by atoms with Crippen LogP contribution in [0.3, 0.4) is 0 Å². The molecule has 0 saturated heterocycles. The Morgan fingerprint density at radius 2 is 1.34 bits per heavy atom. The highest BCUT2D eigenvalue weighted by molar-refractivity contribution is 5.93. The average Bonchev–Trinajstić information content (AvgIpc) is 2.74. The highest BCUT2D eigenvalue weighted by Crippen LogP contribution is 2.30. The molecular formula is C22H26N4O3. The number of carbonyl (C=O) groups excluding carboxylic acids is 3. The SMILES string of the molecule is CC(=O)Nc1ccc(NC(=O)C2CCC(C(=O)NCc3ccncc3)CC2)cc1. The molecule has 1 aliphatic rings. The molecule has 0 radical (unpaired) electrons. The van der Waals surface area contributed by atoms with Gasteiger partial charge in [0.25, 0.3) is 0 Å². The normalized spacial score (nSPS) is 18.5. The van der Waals surface area contributed by atoms with Gasteiger partial charge in [-0.1, -0.05) is 0 Å². The Morgan fingerprint density at radius 1 is 0.828 bits per heavy atom. The van der Waals surface area contributed by atoms with Gasteiger partial charge in [0.1, 0.15) is 0 Å². The van der Waals surface area contributed by atoms with Crippen LogP contribution in [-0.2, 0) is 20.9 Å². The molecule has 0 bridgehead atoms. The predicted octanol–water partition coefficient (Wildman–Crippen LogP) is 3.10. The molecule has 152 valence electrons. The molecule has 0 aliphatic heterocycles. The van der Waals surface area contributed by atoms with Gasteiger partial charge in [-0.15, -0.1) is 0 Å². The standard InChI is InChI=1S/C22H26N4O3/c1-15(27)25-19-6-8-20(9-7-19)26-22(29)18-4-2-17(3-5-18)21(28)24-14-16-10-12-23-13-11-16/h6-13,17-18H,2-5,14H2,1H3,(H,24,28)(H,25,27)(H,26,29). The van der Waals surface area contributed by atoms with Gasteiger partial charge >= 0.3 is 0 Å². The summed E-state index contributed by atoms with van der Waals surface area (Å²) in [6.07, 6.45) is 6.23. The van der Waals surface area contributed by atoms with Gasteiger partial charge in [0.15, 0.2) is 0 Å². The molecule has 29 heavy (non-hydrogen) atoms. The molecule has 1 fully saturated rings. The minimum Gasteiger partial charge on any atom is -0.352 e. The summed E-state index contributed by atoms with van der Waals surface area (Å²) in [7, 11) is 0. The third kappa shape index (κ3) is 6.14. The second kappa shape index (κ2) is 9.82. The largest absolute Gasteiger partial charge is 0.352 e. The van der Waals surface area contributed by atoms with E-state index in [9.17, 15) is 14.4 Å². The summed E-state index contributed by atoms with van der Waals surface area (Å²) in [4.78, 5) is 39.9. The number of amides is 3. The summed E-state index contributed by atoms with van der Waals surface area (Å²) < 4.78 is 0. The number of aromatic nitrogens is 1. The van der Waals surface area contributed by atoms with Crippen LogP contribution in [0.4, 0.5) is 11.4 Å². The number of pyridine rings is 1. The van der Waals surface area contributed by atoms with Crippen molar-refractivity contribution < 1.29 is 14.4 Å². The van der Waals surface area contributed by atoms with Crippen molar-refractivity contribution in [1.29, 1.82) is 0 Å². The van der Waals surface area contributed by atoms with E-state index in [0.717, 1.165) is 5.56 Å². The Balaban J connectivity index is 1.43. The zero-order chi connectivity index (χ0) is 20.6. The van der Waals surface area contributed by atoms with Crippen LogP contribution in [0, 0.1) is 11.8 Å². The molecule has 7 heteroatoms. The highest BCUT2D eigenvalue weighted by atomic mass is 16.2. The highest BCUT2D eigenvalue weighted by Gasteiger charge is 2.29. The van der Waals surface area contributed by atoms with Crippen LogP contribution in [0.5, 0.6) is 0 Å². The van der Waals surface area contributed by atoms with Crippen molar-refractivity contribution in [2.45, 2.75) is 39.2 Å². The van der Waals surface area contributed by atoms with Gasteiger partial charge in [-0.3, -0.25) is 19.4 Å². The third-order valence-corrected chi connectivity index (χ3v) is 5.16. The smallest absolute Gasteiger partial charge is 0.227 e. The molecule has 1 aromatic carbocycles. The van der Waals surface area contributed by atoms with E-state index in [1.807, 2.05) is 12.1 Å². The van der Waals surface area contributed by atoms with Crippen LogP contribution in [0.25, 0.3) is 0 Å². The summed E-state index contributed by atoms with van der Waals surface area (Å²) in [6, 6.07) is 10.8. The fourth-order valence-electron chi connectivity index (χ4n) is 3.54. The first-order valence-electron chi connectivity index (χ1n) is 9.86. The van der Waals surface area contributed by atoms with Crippen LogP contribution in [0.15, 0.2) is 48.8 Å². The van der Waals surface area contributed by atoms with Crippen molar-refractivity contribution in [3.8, 4) is 0 Å². The maximum Gasteiger partial charge on any atom is 0.227 e. The molecule has 0 atom stereocenters. The second-order valence-corrected chi connectivity index (χ2v) is 7.37. The maximum atomic E-state index is 12.5. The molecule has 3 N–H and O–H groups in total. The molecule has 1 aromatic heterocycles. The fourth-order valence-corrected chi connectivity index (χ4v) is 3.54. The first-order chi connectivity index (χ1) is 14.0. The number of anilines is 2. The lowest BCUT2D eigenvalue weighted by atomic mass is 9.81. The zero-order valence-corrected chi connectivity index (χ0v) is 16.5. The molecule has 3 amide bonds. The summed E-state index contributed by atoms with van der Waals surface area (Å²) in [5.41, 5.74) is 2.40. The summed E-state index contributed by atoms with van der Waals surface area (Å²) >= 11 is 0. The third-order valence-electron chi connectivity index (χ3n) is 5.16. The van der Waals surface area contributed by atoms with E-state index in [0.29, 0.717) is 43.6 Å². The lowest BCUT2D eigenvalue weighted by Crippen LogP contribution is -2.35. The van der Waals surface area contributed by atoms with E-state index >= 15 is 0 Å². The van der Waals surface area contributed by atoms with E-state index in [-0.39, 0.29) is 29.6 Å². The first-order valence-corrected chi connectivity index (χ1v) is 9.86. The number of hydrogen-bond acceptors (Lipinski definition) is 4. The Hall–Kier alpha value is -3.22. The molecule has 2 aromatic rings. The quantitative estimate of drug-likeness (QED) is 0.701. The van der Waals surface area contributed by atoms with E-state index in [1.165, 1.54) is 6.92 Å². The number of carbonyl (C=O) groups is 3. The molecule has 1 saturated carbocycles. The van der Waals surface area contributed by atoms with Crippen LogP contribution >= 0.6 is 0 Å². The molecule has 7 nitrogen and oxygen atoms in total. The Labute approximate surface area is 170 Å². The van der Waals surface area contributed by atoms with Gasteiger partial charge in [0, 0.05) is 49.1 Å². The van der Waals surface area contributed by atoms with Crippen molar-refractivity contribution in [2.24, 2.45) is 11.8 Å². The van der Waals surface area contributed by atoms with Gasteiger partial charge in [0.05, 0.1) is 0 Å². The van der Waals surface area contributed by atoms with Crippen LogP contribution < -0.4 is 16.0 Å². The van der Waals surface area contributed by atoms with Crippen molar-refractivity contribution in [3.05, 3.63) is 54.4 Å². The minimum absolute atomic E-state index is 0.0204. The first kappa shape index (κ1) is 20.5. The number of nitrogens with one attached hydrogen (secondary N) is 3. The molecule has 0 spiro atoms.